The fourth-order valence-electron chi connectivity index (χ4n) is 1.04. The third kappa shape index (κ3) is 4.53. The highest BCUT2D eigenvalue weighted by Crippen LogP contribution is 2.23. The molecule has 1 heterocycles. The molecule has 17 heavy (non-hydrogen) atoms. The minimum atomic E-state index is -3.20. The summed E-state index contributed by atoms with van der Waals surface area (Å²) in [4.78, 5) is 22.1. The van der Waals surface area contributed by atoms with Crippen molar-refractivity contribution in [2.24, 2.45) is 0 Å². The van der Waals surface area contributed by atoms with Crippen molar-refractivity contribution in [3.63, 3.8) is 0 Å². The van der Waals surface area contributed by atoms with E-state index in [1.807, 2.05) is 0 Å². The molecule has 2 N–H and O–H groups in total. The largest absolute Gasteiger partial charge is 0.478 e. The van der Waals surface area contributed by atoms with Crippen LogP contribution in [0.2, 0.25) is 0 Å². The molecule has 0 aromatic carbocycles. The summed E-state index contributed by atoms with van der Waals surface area (Å²) in [6, 6.07) is 1.37. The van der Waals surface area contributed by atoms with E-state index >= 15 is 0 Å². The van der Waals surface area contributed by atoms with Gasteiger partial charge in [0.1, 0.15) is 14.8 Å². The summed E-state index contributed by atoms with van der Waals surface area (Å²) in [5.74, 6) is -1.91. The summed E-state index contributed by atoms with van der Waals surface area (Å²) in [6.07, 6.45) is 0.851. The van der Waals surface area contributed by atoms with Crippen LogP contribution in [-0.2, 0) is 14.6 Å². The predicted molar refractivity (Wildman–Crippen MR) is 64.2 cm³/mol. The van der Waals surface area contributed by atoms with E-state index in [2.05, 4.69) is 5.32 Å². The normalized spacial score (nSPS) is 11.1. The number of carboxylic acid groups (broad SMARTS) is 1. The van der Waals surface area contributed by atoms with E-state index in [-0.39, 0.29) is 22.7 Å². The average Bonchev–Trinajstić information content (AvgIpc) is 2.62. The lowest BCUT2D eigenvalue weighted by atomic mass is 10.3. The summed E-state index contributed by atoms with van der Waals surface area (Å²) in [5.41, 5.74) is 0.00251. The van der Waals surface area contributed by atoms with Gasteiger partial charge in [-0.1, -0.05) is 0 Å². The lowest BCUT2D eigenvalue weighted by Gasteiger charge is -2.03. The number of carbonyl (C=O) groups is 2. The smallest absolute Gasteiger partial charge is 0.338 e. The van der Waals surface area contributed by atoms with Crippen LogP contribution in [0.3, 0.4) is 0 Å². The molecule has 0 aliphatic rings. The molecule has 0 aliphatic heterocycles. The van der Waals surface area contributed by atoms with Crippen LogP contribution in [0.1, 0.15) is 16.8 Å². The van der Waals surface area contributed by atoms with Gasteiger partial charge in [0.2, 0.25) is 5.91 Å². The van der Waals surface area contributed by atoms with Crippen molar-refractivity contribution >= 4 is 38.1 Å². The second-order valence-corrected chi connectivity index (χ2v) is 6.57. The van der Waals surface area contributed by atoms with Crippen molar-refractivity contribution in [2.75, 3.05) is 17.3 Å². The molecule has 6 nitrogen and oxygen atoms in total. The Balaban J connectivity index is 2.63. The molecule has 0 saturated carbocycles. The van der Waals surface area contributed by atoms with Crippen molar-refractivity contribution in [2.45, 2.75) is 6.42 Å². The highest BCUT2D eigenvalue weighted by Gasteiger charge is 2.14. The predicted octanol–water partition coefficient (Wildman–Crippen LogP) is 0.820. The zero-order chi connectivity index (χ0) is 13.1. The molecule has 1 rings (SSSR count). The molecular weight excluding hydrogens is 266 g/mol. The highest BCUT2D eigenvalue weighted by atomic mass is 32.2. The van der Waals surface area contributed by atoms with Crippen molar-refractivity contribution in [1.82, 2.24) is 0 Å². The highest BCUT2D eigenvalue weighted by molar-refractivity contribution is 7.90. The van der Waals surface area contributed by atoms with Crippen LogP contribution in [-0.4, -0.2) is 37.4 Å². The van der Waals surface area contributed by atoms with Crippen molar-refractivity contribution in [3.8, 4) is 0 Å². The number of carboxylic acids is 1. The van der Waals surface area contributed by atoms with Crippen LogP contribution in [0.15, 0.2) is 11.4 Å². The van der Waals surface area contributed by atoms with Crippen molar-refractivity contribution in [1.29, 1.82) is 0 Å². The monoisotopic (exact) mass is 277 g/mol. The SMILES string of the molecule is CS(=O)(=O)CCC(=O)Nc1sccc1C(=O)O. The molecular formula is C9H11NO5S2. The molecule has 0 saturated heterocycles. The first kappa shape index (κ1) is 13.7. The molecule has 1 amide bonds. The van der Waals surface area contributed by atoms with Gasteiger partial charge in [0.25, 0.3) is 0 Å². The number of sulfone groups is 1. The lowest BCUT2D eigenvalue weighted by molar-refractivity contribution is -0.115. The van der Waals surface area contributed by atoms with Gasteiger partial charge in [-0.25, -0.2) is 13.2 Å². The fourth-order valence-corrected chi connectivity index (χ4v) is 2.39. The van der Waals surface area contributed by atoms with E-state index in [0.29, 0.717) is 0 Å². The van der Waals surface area contributed by atoms with Gasteiger partial charge in [-0.2, -0.15) is 0 Å². The molecule has 0 atom stereocenters. The fraction of sp³-hybridized carbons (Fsp3) is 0.333. The van der Waals surface area contributed by atoms with Crippen LogP contribution in [0.4, 0.5) is 5.00 Å². The maximum absolute atomic E-state index is 11.4. The third-order valence-corrected chi connectivity index (χ3v) is 3.62. The number of rotatable bonds is 5. The molecule has 1 aromatic heterocycles. The number of carbonyl (C=O) groups excluding carboxylic acids is 1. The topological polar surface area (TPSA) is 101 Å². The molecule has 0 radical (unpaired) electrons. The first-order valence-electron chi connectivity index (χ1n) is 4.58. The van der Waals surface area contributed by atoms with E-state index in [9.17, 15) is 18.0 Å². The summed E-state index contributed by atoms with van der Waals surface area (Å²) in [5, 5.41) is 12.9. The molecule has 0 unspecified atom stereocenters. The van der Waals surface area contributed by atoms with Gasteiger partial charge in [0.15, 0.2) is 0 Å². The minimum absolute atomic E-state index is 0.00251. The second-order valence-electron chi connectivity index (χ2n) is 3.40. The quantitative estimate of drug-likeness (QED) is 0.829. The summed E-state index contributed by atoms with van der Waals surface area (Å²) in [7, 11) is -3.20. The van der Waals surface area contributed by atoms with Gasteiger partial charge in [-0.3, -0.25) is 4.79 Å². The lowest BCUT2D eigenvalue weighted by Crippen LogP contribution is -2.17. The first-order valence-corrected chi connectivity index (χ1v) is 7.52. The zero-order valence-corrected chi connectivity index (χ0v) is 10.6. The summed E-state index contributed by atoms with van der Waals surface area (Å²) in [6.45, 7) is 0. The molecule has 0 bridgehead atoms. The van der Waals surface area contributed by atoms with Crippen LogP contribution in [0, 0.1) is 0 Å². The van der Waals surface area contributed by atoms with E-state index < -0.39 is 21.7 Å². The van der Waals surface area contributed by atoms with E-state index in [1.54, 1.807) is 0 Å². The van der Waals surface area contributed by atoms with Crippen LogP contribution in [0.25, 0.3) is 0 Å². The Morgan fingerprint density at radius 1 is 1.47 bits per heavy atom. The molecule has 0 spiro atoms. The third-order valence-electron chi connectivity index (χ3n) is 1.85. The van der Waals surface area contributed by atoms with E-state index in [0.717, 1.165) is 17.6 Å². The number of thiophene rings is 1. The Morgan fingerprint density at radius 3 is 2.65 bits per heavy atom. The molecule has 8 heteroatoms. The molecule has 0 fully saturated rings. The Kier molecular flexibility index (Phi) is 4.24. The van der Waals surface area contributed by atoms with Crippen LogP contribution in [0.5, 0.6) is 0 Å². The van der Waals surface area contributed by atoms with Crippen molar-refractivity contribution in [3.05, 3.63) is 17.0 Å². The number of amides is 1. The number of hydrogen-bond acceptors (Lipinski definition) is 5. The number of nitrogens with one attached hydrogen (secondary N) is 1. The van der Waals surface area contributed by atoms with Crippen LogP contribution >= 0.6 is 11.3 Å². The second kappa shape index (κ2) is 5.28. The average molecular weight is 277 g/mol. The van der Waals surface area contributed by atoms with Gasteiger partial charge < -0.3 is 10.4 Å². The van der Waals surface area contributed by atoms with E-state index in [1.165, 1.54) is 11.4 Å². The van der Waals surface area contributed by atoms with Gasteiger partial charge in [0.05, 0.1) is 11.3 Å². The summed E-state index contributed by atoms with van der Waals surface area (Å²) >= 11 is 1.08. The van der Waals surface area contributed by atoms with Gasteiger partial charge in [-0.15, -0.1) is 11.3 Å². The van der Waals surface area contributed by atoms with Gasteiger partial charge in [-0.05, 0) is 11.4 Å². The Morgan fingerprint density at radius 2 is 2.12 bits per heavy atom. The van der Waals surface area contributed by atoms with Gasteiger partial charge in [0, 0.05) is 12.7 Å². The van der Waals surface area contributed by atoms with E-state index in [4.69, 9.17) is 5.11 Å². The minimum Gasteiger partial charge on any atom is -0.478 e. The van der Waals surface area contributed by atoms with Crippen LogP contribution < -0.4 is 5.32 Å². The number of hydrogen-bond donors (Lipinski definition) is 2. The first-order chi connectivity index (χ1) is 7.79. The maximum Gasteiger partial charge on any atom is 0.338 e. The summed E-state index contributed by atoms with van der Waals surface area (Å²) < 4.78 is 21.7. The van der Waals surface area contributed by atoms with Gasteiger partial charge >= 0.3 is 5.97 Å². The zero-order valence-electron chi connectivity index (χ0n) is 8.97. The molecule has 1 aromatic rings. The molecule has 0 aliphatic carbocycles. The maximum atomic E-state index is 11.4. The Bertz CT molecular complexity index is 531. The standard InChI is InChI=1S/C9H11NO5S2/c1-17(14,15)5-3-7(11)10-8-6(9(12)13)2-4-16-8/h2,4H,3,5H2,1H3,(H,10,11)(H,12,13). The Hall–Kier alpha value is -1.41. The number of aromatic carboxylic acids is 1. The number of anilines is 1. The van der Waals surface area contributed by atoms with Crippen molar-refractivity contribution < 1.29 is 23.1 Å². The molecule has 94 valence electrons. The Labute approximate surface area is 102 Å².